The van der Waals surface area contributed by atoms with Gasteiger partial charge in [-0.1, -0.05) is 23.7 Å². The van der Waals surface area contributed by atoms with E-state index in [0.717, 1.165) is 10.9 Å². The van der Waals surface area contributed by atoms with Gasteiger partial charge < -0.3 is 5.32 Å². The van der Waals surface area contributed by atoms with E-state index in [0.29, 0.717) is 38.9 Å². The number of anilines is 1. The highest BCUT2D eigenvalue weighted by Gasteiger charge is 2.18. The van der Waals surface area contributed by atoms with E-state index in [9.17, 15) is 4.79 Å². The van der Waals surface area contributed by atoms with Gasteiger partial charge in [0.05, 0.1) is 45.3 Å². The first-order valence-corrected chi connectivity index (χ1v) is 8.87. The standard InChI is InChI=1S/C20H15ClN6O/c1-11-7-14-17(8-13(11)9-22)25-26-19(14)24-20(28)15-10-23-27(12(15)2)18-6-4-3-5-16(18)21/h3-8,10H,1-2H3,(H2,24,25,26,28). The summed E-state index contributed by atoms with van der Waals surface area (Å²) in [6.07, 6.45) is 1.50. The molecule has 2 aromatic carbocycles. The quantitative estimate of drug-likeness (QED) is 0.549. The van der Waals surface area contributed by atoms with Gasteiger partial charge in [0.15, 0.2) is 5.82 Å². The first-order valence-electron chi connectivity index (χ1n) is 8.49. The number of carbonyl (C=O) groups excluding carboxylic acids is 1. The monoisotopic (exact) mass is 390 g/mol. The van der Waals surface area contributed by atoms with Crippen LogP contribution in [0.1, 0.15) is 27.2 Å². The lowest BCUT2D eigenvalue weighted by atomic mass is 10.1. The van der Waals surface area contributed by atoms with Crippen molar-refractivity contribution in [3.63, 3.8) is 0 Å². The third kappa shape index (κ3) is 2.90. The number of hydrogen-bond donors (Lipinski definition) is 2. The van der Waals surface area contributed by atoms with E-state index in [1.807, 2.05) is 31.2 Å². The Balaban J connectivity index is 1.67. The SMILES string of the molecule is Cc1cc2c(NC(=O)c3cnn(-c4ccccc4Cl)c3C)n[nH]c2cc1C#N. The van der Waals surface area contributed by atoms with Gasteiger partial charge >= 0.3 is 0 Å². The van der Waals surface area contributed by atoms with Gasteiger partial charge in [0.25, 0.3) is 5.91 Å². The number of nitriles is 1. The van der Waals surface area contributed by atoms with Gasteiger partial charge in [0.2, 0.25) is 0 Å². The van der Waals surface area contributed by atoms with Crippen LogP contribution < -0.4 is 5.32 Å². The van der Waals surface area contributed by atoms with E-state index < -0.39 is 0 Å². The molecule has 0 bridgehead atoms. The summed E-state index contributed by atoms with van der Waals surface area (Å²) in [5.74, 6) is 0.0729. The molecule has 8 heteroatoms. The molecule has 0 fully saturated rings. The fraction of sp³-hybridized carbons (Fsp3) is 0.100. The maximum absolute atomic E-state index is 12.8. The van der Waals surface area contributed by atoms with Gasteiger partial charge in [-0.25, -0.2) is 4.68 Å². The summed E-state index contributed by atoms with van der Waals surface area (Å²) in [4.78, 5) is 12.8. The van der Waals surface area contributed by atoms with Gasteiger partial charge in [-0.15, -0.1) is 0 Å². The summed E-state index contributed by atoms with van der Waals surface area (Å²) in [5.41, 5.74) is 3.84. The van der Waals surface area contributed by atoms with Crippen LogP contribution in [0.3, 0.4) is 0 Å². The fourth-order valence-corrected chi connectivity index (χ4v) is 3.28. The van der Waals surface area contributed by atoms with Crippen LogP contribution in [-0.4, -0.2) is 25.9 Å². The Morgan fingerprint density at radius 1 is 1.29 bits per heavy atom. The third-order valence-corrected chi connectivity index (χ3v) is 4.91. The molecule has 7 nitrogen and oxygen atoms in total. The molecule has 1 amide bonds. The molecule has 0 aliphatic carbocycles. The smallest absolute Gasteiger partial charge is 0.260 e. The van der Waals surface area contributed by atoms with Crippen molar-refractivity contribution in [1.82, 2.24) is 20.0 Å². The van der Waals surface area contributed by atoms with Crippen LogP contribution in [0.25, 0.3) is 16.6 Å². The fourth-order valence-electron chi connectivity index (χ4n) is 3.06. The lowest BCUT2D eigenvalue weighted by Crippen LogP contribution is -2.13. The Bertz CT molecular complexity index is 1260. The highest BCUT2D eigenvalue weighted by Crippen LogP contribution is 2.26. The molecule has 0 saturated heterocycles. The van der Waals surface area contributed by atoms with Crippen LogP contribution in [-0.2, 0) is 0 Å². The van der Waals surface area contributed by atoms with Crippen molar-refractivity contribution in [2.45, 2.75) is 13.8 Å². The zero-order valence-electron chi connectivity index (χ0n) is 15.1. The average Bonchev–Trinajstić information content (AvgIpc) is 3.25. The summed E-state index contributed by atoms with van der Waals surface area (Å²) in [7, 11) is 0. The number of rotatable bonds is 3. The second kappa shape index (κ2) is 6.83. The minimum atomic E-state index is -0.328. The molecule has 2 N–H and O–H groups in total. The number of benzene rings is 2. The van der Waals surface area contributed by atoms with E-state index in [-0.39, 0.29) is 5.91 Å². The molecule has 2 aromatic heterocycles. The Hall–Kier alpha value is -3.63. The lowest BCUT2D eigenvalue weighted by Gasteiger charge is -2.07. The number of aryl methyl sites for hydroxylation is 1. The molecule has 0 aliphatic rings. The predicted octanol–water partition coefficient (Wildman–Crippen LogP) is 4.14. The van der Waals surface area contributed by atoms with Crippen molar-refractivity contribution in [2.24, 2.45) is 0 Å². The van der Waals surface area contributed by atoms with Gasteiger partial charge in [-0.2, -0.15) is 15.5 Å². The number of amides is 1. The number of aromatic amines is 1. The summed E-state index contributed by atoms with van der Waals surface area (Å²) in [6.45, 7) is 3.64. The number of hydrogen-bond acceptors (Lipinski definition) is 4. The molecule has 2 heterocycles. The second-order valence-electron chi connectivity index (χ2n) is 6.36. The number of nitrogens with one attached hydrogen (secondary N) is 2. The summed E-state index contributed by atoms with van der Waals surface area (Å²) >= 11 is 6.24. The van der Waals surface area contributed by atoms with E-state index in [2.05, 4.69) is 26.7 Å². The lowest BCUT2D eigenvalue weighted by molar-refractivity contribution is 0.102. The Labute approximate surface area is 165 Å². The second-order valence-corrected chi connectivity index (χ2v) is 6.76. The number of para-hydroxylation sites is 1. The maximum atomic E-state index is 12.8. The van der Waals surface area contributed by atoms with E-state index in [1.54, 1.807) is 23.7 Å². The third-order valence-electron chi connectivity index (χ3n) is 4.60. The number of halogens is 1. The number of aromatic nitrogens is 4. The molecule has 0 saturated carbocycles. The van der Waals surface area contributed by atoms with Crippen LogP contribution in [0.5, 0.6) is 0 Å². The molecule has 0 radical (unpaired) electrons. The average molecular weight is 391 g/mol. The summed E-state index contributed by atoms with van der Waals surface area (Å²) in [6, 6.07) is 13.0. The van der Waals surface area contributed by atoms with Gasteiger partial charge in [-0.05, 0) is 43.7 Å². The molecular weight excluding hydrogens is 376 g/mol. The van der Waals surface area contributed by atoms with Crippen molar-refractivity contribution >= 4 is 34.2 Å². The van der Waals surface area contributed by atoms with Gasteiger partial charge in [0, 0.05) is 5.39 Å². The Morgan fingerprint density at radius 2 is 2.07 bits per heavy atom. The van der Waals surface area contributed by atoms with Crippen molar-refractivity contribution in [1.29, 1.82) is 5.26 Å². The Morgan fingerprint density at radius 3 is 2.82 bits per heavy atom. The van der Waals surface area contributed by atoms with Gasteiger partial charge in [-0.3, -0.25) is 9.89 Å². The first-order chi connectivity index (χ1) is 13.5. The normalized spacial score (nSPS) is 10.8. The molecule has 138 valence electrons. The minimum Gasteiger partial charge on any atom is -0.304 e. The van der Waals surface area contributed by atoms with Crippen LogP contribution in [0.4, 0.5) is 5.82 Å². The van der Waals surface area contributed by atoms with Crippen molar-refractivity contribution in [2.75, 3.05) is 5.32 Å². The zero-order valence-corrected chi connectivity index (χ0v) is 15.9. The van der Waals surface area contributed by atoms with Crippen LogP contribution in [0.2, 0.25) is 5.02 Å². The van der Waals surface area contributed by atoms with E-state index in [4.69, 9.17) is 16.9 Å². The van der Waals surface area contributed by atoms with E-state index >= 15 is 0 Å². The predicted molar refractivity (Wildman–Crippen MR) is 107 cm³/mol. The summed E-state index contributed by atoms with van der Waals surface area (Å²) in [5, 5.41) is 24.6. The topological polar surface area (TPSA) is 99.4 Å². The van der Waals surface area contributed by atoms with Crippen LogP contribution in [0, 0.1) is 25.2 Å². The molecule has 4 rings (SSSR count). The van der Waals surface area contributed by atoms with Crippen molar-refractivity contribution in [3.8, 4) is 11.8 Å². The van der Waals surface area contributed by atoms with E-state index in [1.165, 1.54) is 6.20 Å². The number of H-pyrrole nitrogens is 1. The molecule has 0 unspecified atom stereocenters. The molecule has 0 atom stereocenters. The minimum absolute atomic E-state index is 0.328. The molecule has 4 aromatic rings. The zero-order chi connectivity index (χ0) is 19.8. The number of carbonyl (C=O) groups is 1. The maximum Gasteiger partial charge on any atom is 0.260 e. The van der Waals surface area contributed by atoms with Gasteiger partial charge in [0.1, 0.15) is 0 Å². The highest BCUT2D eigenvalue weighted by molar-refractivity contribution is 6.32. The van der Waals surface area contributed by atoms with Crippen molar-refractivity contribution < 1.29 is 4.79 Å². The van der Waals surface area contributed by atoms with Crippen molar-refractivity contribution in [3.05, 3.63) is 70.0 Å². The molecule has 0 spiro atoms. The summed E-state index contributed by atoms with van der Waals surface area (Å²) < 4.78 is 1.63. The Kier molecular flexibility index (Phi) is 4.34. The molecular formula is C20H15ClN6O. The number of fused-ring (bicyclic) bond motifs is 1. The first kappa shape index (κ1) is 17.8. The molecule has 28 heavy (non-hydrogen) atoms. The number of nitrogens with zero attached hydrogens (tertiary/aromatic N) is 4. The molecule has 0 aliphatic heterocycles. The van der Waals surface area contributed by atoms with Crippen LogP contribution in [0.15, 0.2) is 42.6 Å². The largest absolute Gasteiger partial charge is 0.304 e. The highest BCUT2D eigenvalue weighted by atomic mass is 35.5. The van der Waals surface area contributed by atoms with Crippen LogP contribution >= 0.6 is 11.6 Å².